The quantitative estimate of drug-likeness (QED) is 0.465. The second-order valence-electron chi connectivity index (χ2n) is 6.16. The first-order valence-corrected chi connectivity index (χ1v) is 8.97. The average molecular weight is 401 g/mol. The third-order valence-corrected chi connectivity index (χ3v) is 4.71. The van der Waals surface area contributed by atoms with Crippen LogP contribution in [0, 0.1) is 0 Å². The number of carboxylic acid groups (broad SMARTS) is 1. The summed E-state index contributed by atoms with van der Waals surface area (Å²) in [7, 11) is 0. The number of amides is 1. The number of allylic oxidation sites excluding steroid dienone is 1. The lowest BCUT2D eigenvalue weighted by Gasteiger charge is -2.37. The first-order valence-electron chi connectivity index (χ1n) is 7.83. The maximum absolute atomic E-state index is 12.0. The van der Waals surface area contributed by atoms with Crippen molar-refractivity contribution in [1.29, 1.82) is 0 Å². The minimum absolute atomic E-state index is 0.500. The molecular formula is C19H20Cl3NO2. The molecule has 2 aromatic carbocycles. The van der Waals surface area contributed by atoms with Gasteiger partial charge in [-0.25, -0.2) is 4.79 Å². The highest BCUT2D eigenvalue weighted by atomic mass is 35.6. The maximum atomic E-state index is 12.0. The predicted octanol–water partition coefficient (Wildman–Crippen LogP) is 6.59. The summed E-state index contributed by atoms with van der Waals surface area (Å²) >= 11 is 18.3. The van der Waals surface area contributed by atoms with E-state index in [1.165, 1.54) is 4.90 Å². The Kier molecular flexibility index (Phi) is 6.26. The van der Waals surface area contributed by atoms with Gasteiger partial charge in [0.15, 0.2) is 0 Å². The standard InChI is InChI=1S/C19H20Cl3NO2/c1-12(2)11-17(19(20,21)22)23(18(24)25)13(3)15-10-6-8-14-7-4-5-9-16(14)15/h4-11,13,17H,1-3H3,(H,24,25). The van der Waals surface area contributed by atoms with Crippen LogP contribution in [0.1, 0.15) is 32.4 Å². The predicted molar refractivity (Wildman–Crippen MR) is 106 cm³/mol. The Labute approximate surface area is 162 Å². The van der Waals surface area contributed by atoms with Crippen molar-refractivity contribution in [3.8, 4) is 0 Å². The molecule has 0 radical (unpaired) electrons. The minimum atomic E-state index is -1.78. The molecule has 2 rings (SSSR count). The number of nitrogens with zero attached hydrogens (tertiary/aromatic N) is 1. The van der Waals surface area contributed by atoms with Crippen LogP contribution >= 0.6 is 34.8 Å². The van der Waals surface area contributed by atoms with Crippen molar-refractivity contribution in [3.63, 3.8) is 0 Å². The molecule has 0 fully saturated rings. The molecule has 0 saturated carbocycles. The number of carbonyl (C=O) groups is 1. The van der Waals surface area contributed by atoms with E-state index in [0.717, 1.165) is 21.9 Å². The van der Waals surface area contributed by atoms with Crippen LogP contribution in [0.25, 0.3) is 10.8 Å². The maximum Gasteiger partial charge on any atom is 0.408 e. The van der Waals surface area contributed by atoms with Gasteiger partial charge in [-0.15, -0.1) is 0 Å². The molecule has 25 heavy (non-hydrogen) atoms. The van der Waals surface area contributed by atoms with E-state index in [1.54, 1.807) is 13.0 Å². The van der Waals surface area contributed by atoms with Crippen LogP contribution < -0.4 is 0 Å². The van der Waals surface area contributed by atoms with Gasteiger partial charge in [0, 0.05) is 0 Å². The molecule has 0 aliphatic heterocycles. The van der Waals surface area contributed by atoms with Crippen LogP contribution in [0.4, 0.5) is 4.79 Å². The summed E-state index contributed by atoms with van der Waals surface area (Å²) in [6, 6.07) is 12.2. The Balaban J connectivity index is 2.59. The summed E-state index contributed by atoms with van der Waals surface area (Å²) in [5, 5.41) is 11.9. The van der Waals surface area contributed by atoms with E-state index in [4.69, 9.17) is 34.8 Å². The summed E-state index contributed by atoms with van der Waals surface area (Å²) < 4.78 is -1.78. The Morgan fingerprint density at radius 1 is 1.12 bits per heavy atom. The van der Waals surface area contributed by atoms with E-state index in [2.05, 4.69) is 0 Å². The summed E-state index contributed by atoms with van der Waals surface area (Å²) in [4.78, 5) is 13.2. The summed E-state index contributed by atoms with van der Waals surface area (Å²) in [6.07, 6.45) is 0.525. The molecule has 6 heteroatoms. The number of halogens is 3. The molecule has 0 aromatic heterocycles. The van der Waals surface area contributed by atoms with Crippen LogP contribution in [0.2, 0.25) is 0 Å². The first-order chi connectivity index (χ1) is 11.6. The van der Waals surface area contributed by atoms with Crippen molar-refractivity contribution < 1.29 is 9.90 Å². The SMILES string of the molecule is CC(C)=CC(N(C(=O)O)C(C)c1cccc2ccccc12)C(Cl)(Cl)Cl. The highest BCUT2D eigenvalue weighted by Gasteiger charge is 2.41. The molecule has 2 aromatic rings. The van der Waals surface area contributed by atoms with Gasteiger partial charge in [-0.1, -0.05) is 88.9 Å². The average Bonchev–Trinajstić information content (AvgIpc) is 2.52. The van der Waals surface area contributed by atoms with Crippen molar-refractivity contribution in [1.82, 2.24) is 4.90 Å². The van der Waals surface area contributed by atoms with Gasteiger partial charge in [-0.2, -0.15) is 0 Å². The van der Waals surface area contributed by atoms with E-state index in [-0.39, 0.29) is 0 Å². The topological polar surface area (TPSA) is 40.5 Å². The van der Waals surface area contributed by atoms with Gasteiger partial charge in [-0.05, 0) is 37.1 Å². The van der Waals surface area contributed by atoms with Gasteiger partial charge in [0.2, 0.25) is 3.79 Å². The van der Waals surface area contributed by atoms with Crippen molar-refractivity contribution in [2.75, 3.05) is 0 Å². The fraction of sp³-hybridized carbons (Fsp3) is 0.316. The Morgan fingerprint density at radius 2 is 1.72 bits per heavy atom. The monoisotopic (exact) mass is 399 g/mol. The van der Waals surface area contributed by atoms with Gasteiger partial charge >= 0.3 is 6.09 Å². The van der Waals surface area contributed by atoms with Crippen molar-refractivity contribution >= 4 is 51.7 Å². The van der Waals surface area contributed by atoms with Crippen LogP contribution in [0.3, 0.4) is 0 Å². The summed E-state index contributed by atoms with van der Waals surface area (Å²) in [5.41, 5.74) is 1.73. The number of hydrogen-bond donors (Lipinski definition) is 1. The zero-order chi connectivity index (χ0) is 18.8. The molecule has 0 aliphatic rings. The lowest BCUT2D eigenvalue weighted by molar-refractivity contribution is 0.114. The normalized spacial score (nSPS) is 14.0. The highest BCUT2D eigenvalue weighted by molar-refractivity contribution is 6.68. The molecule has 1 amide bonds. The molecule has 0 saturated heterocycles. The van der Waals surface area contributed by atoms with Crippen molar-refractivity contribution in [2.24, 2.45) is 0 Å². The van der Waals surface area contributed by atoms with Crippen LogP contribution in [-0.4, -0.2) is 25.9 Å². The Hall–Kier alpha value is -1.42. The third-order valence-electron chi connectivity index (χ3n) is 4.04. The molecule has 1 N–H and O–H groups in total. The molecule has 2 atom stereocenters. The molecular weight excluding hydrogens is 381 g/mol. The van der Waals surface area contributed by atoms with Crippen LogP contribution in [-0.2, 0) is 0 Å². The van der Waals surface area contributed by atoms with E-state index in [0.29, 0.717) is 0 Å². The molecule has 0 heterocycles. The number of rotatable bonds is 4. The van der Waals surface area contributed by atoms with Crippen molar-refractivity contribution in [2.45, 2.75) is 36.6 Å². The zero-order valence-electron chi connectivity index (χ0n) is 14.2. The minimum Gasteiger partial charge on any atom is -0.465 e. The Morgan fingerprint density at radius 3 is 2.28 bits per heavy atom. The number of hydrogen-bond acceptors (Lipinski definition) is 1. The lowest BCUT2D eigenvalue weighted by atomic mass is 9.97. The second-order valence-corrected chi connectivity index (χ2v) is 8.53. The highest BCUT2D eigenvalue weighted by Crippen LogP contribution is 2.39. The number of fused-ring (bicyclic) bond motifs is 1. The molecule has 0 bridgehead atoms. The molecule has 0 aliphatic carbocycles. The largest absolute Gasteiger partial charge is 0.465 e. The lowest BCUT2D eigenvalue weighted by Crippen LogP contribution is -2.47. The fourth-order valence-electron chi connectivity index (χ4n) is 2.94. The van der Waals surface area contributed by atoms with E-state index >= 15 is 0 Å². The molecule has 134 valence electrons. The fourth-order valence-corrected chi connectivity index (χ4v) is 3.44. The van der Waals surface area contributed by atoms with E-state index in [9.17, 15) is 9.90 Å². The van der Waals surface area contributed by atoms with Crippen LogP contribution in [0.5, 0.6) is 0 Å². The van der Waals surface area contributed by atoms with Gasteiger partial charge in [0.05, 0.1) is 6.04 Å². The smallest absolute Gasteiger partial charge is 0.408 e. The van der Waals surface area contributed by atoms with E-state index < -0.39 is 22.0 Å². The number of benzene rings is 2. The van der Waals surface area contributed by atoms with Gasteiger partial charge in [0.1, 0.15) is 6.04 Å². The molecule has 2 unspecified atom stereocenters. The molecule has 3 nitrogen and oxygen atoms in total. The first kappa shape index (κ1) is 19.9. The second kappa shape index (κ2) is 7.86. The summed E-state index contributed by atoms with van der Waals surface area (Å²) in [6.45, 7) is 5.48. The third kappa shape index (κ3) is 4.60. The molecule has 0 spiro atoms. The zero-order valence-corrected chi connectivity index (χ0v) is 16.5. The van der Waals surface area contributed by atoms with Gasteiger partial charge in [-0.3, -0.25) is 4.90 Å². The van der Waals surface area contributed by atoms with Gasteiger partial charge < -0.3 is 5.11 Å². The van der Waals surface area contributed by atoms with Gasteiger partial charge in [0.25, 0.3) is 0 Å². The summed E-state index contributed by atoms with van der Waals surface area (Å²) in [5.74, 6) is 0. The van der Waals surface area contributed by atoms with E-state index in [1.807, 2.05) is 56.3 Å². The van der Waals surface area contributed by atoms with Crippen LogP contribution in [0.15, 0.2) is 54.1 Å². The van der Waals surface area contributed by atoms with Crippen molar-refractivity contribution in [3.05, 3.63) is 59.7 Å². The number of alkyl halides is 3. The Bertz CT molecular complexity index is 789.